The number of ether oxygens (including phenoxy) is 1. The molecule has 1 fully saturated rings. The lowest BCUT2D eigenvalue weighted by molar-refractivity contribution is -0.138. The number of fused-ring (bicyclic) bond motifs is 1. The van der Waals surface area contributed by atoms with Crippen LogP contribution in [0.25, 0.3) is 0 Å². The number of carbonyl (C=O) groups is 3. The van der Waals surface area contributed by atoms with E-state index in [9.17, 15) is 19.5 Å². The molecular weight excluding hydrogens is 358 g/mol. The van der Waals surface area contributed by atoms with E-state index in [-0.39, 0.29) is 12.5 Å². The van der Waals surface area contributed by atoms with Gasteiger partial charge in [0, 0.05) is 0 Å². The van der Waals surface area contributed by atoms with Crippen molar-refractivity contribution < 1.29 is 24.2 Å². The van der Waals surface area contributed by atoms with E-state index < -0.39 is 23.8 Å². The Hall–Kier alpha value is -3.15. The second kappa shape index (κ2) is 7.46. The van der Waals surface area contributed by atoms with Gasteiger partial charge in [-0.15, -0.1) is 0 Å². The molecule has 0 spiro atoms. The van der Waals surface area contributed by atoms with Gasteiger partial charge in [0.15, 0.2) is 0 Å². The lowest BCUT2D eigenvalue weighted by Gasteiger charge is -2.25. The first-order chi connectivity index (χ1) is 13.5. The van der Waals surface area contributed by atoms with Crippen LogP contribution in [0.15, 0.2) is 48.5 Å². The molecule has 2 amide bonds. The van der Waals surface area contributed by atoms with Crippen LogP contribution < -0.4 is 4.74 Å². The standard InChI is InChI=1S/C22H21NO5/c24-20(25)13-19(23-21(26)17-7-3-4-8-18(17)22(23)27)14-9-11-16(12-10-14)28-15-5-1-2-6-15/h3-4,7-12,15,19H,1-2,5-6,13H2,(H,24,25)/t19-/m0/s1. The van der Waals surface area contributed by atoms with Crippen LogP contribution in [0.4, 0.5) is 0 Å². The van der Waals surface area contributed by atoms with E-state index >= 15 is 0 Å². The van der Waals surface area contributed by atoms with Gasteiger partial charge in [-0.05, 0) is 55.5 Å². The summed E-state index contributed by atoms with van der Waals surface area (Å²) in [5.74, 6) is -1.28. The fraction of sp³-hybridized carbons (Fsp3) is 0.318. The van der Waals surface area contributed by atoms with Crippen molar-refractivity contribution in [2.24, 2.45) is 0 Å². The molecule has 28 heavy (non-hydrogen) atoms. The number of imide groups is 1. The minimum absolute atomic E-state index is 0.219. The van der Waals surface area contributed by atoms with Gasteiger partial charge in [0.1, 0.15) is 5.75 Å². The van der Waals surface area contributed by atoms with Crippen molar-refractivity contribution in [3.05, 3.63) is 65.2 Å². The summed E-state index contributed by atoms with van der Waals surface area (Å²) < 4.78 is 5.95. The summed E-state index contributed by atoms with van der Waals surface area (Å²) in [6.07, 6.45) is 4.29. The van der Waals surface area contributed by atoms with Crippen molar-refractivity contribution in [3.8, 4) is 5.75 Å². The Kier molecular flexibility index (Phi) is 4.86. The van der Waals surface area contributed by atoms with Gasteiger partial charge in [0.25, 0.3) is 11.8 Å². The molecule has 0 saturated heterocycles. The molecule has 6 nitrogen and oxygen atoms in total. The summed E-state index contributed by atoms with van der Waals surface area (Å²) in [5.41, 5.74) is 1.21. The van der Waals surface area contributed by atoms with Gasteiger partial charge in [0.2, 0.25) is 0 Å². The van der Waals surface area contributed by atoms with Crippen LogP contribution in [0.1, 0.15) is 64.4 Å². The summed E-state index contributed by atoms with van der Waals surface area (Å²) in [7, 11) is 0. The molecule has 1 heterocycles. The van der Waals surface area contributed by atoms with Gasteiger partial charge in [0.05, 0.1) is 29.7 Å². The van der Waals surface area contributed by atoms with Crippen LogP contribution >= 0.6 is 0 Å². The monoisotopic (exact) mass is 379 g/mol. The number of hydrogen-bond acceptors (Lipinski definition) is 4. The Morgan fingerprint density at radius 3 is 2.11 bits per heavy atom. The molecule has 144 valence electrons. The zero-order valence-corrected chi connectivity index (χ0v) is 15.3. The normalized spacial score (nSPS) is 17.6. The van der Waals surface area contributed by atoms with Crippen molar-refractivity contribution in [1.82, 2.24) is 4.90 Å². The molecule has 1 saturated carbocycles. The average molecular weight is 379 g/mol. The quantitative estimate of drug-likeness (QED) is 0.772. The zero-order chi connectivity index (χ0) is 19.7. The molecular formula is C22H21NO5. The first-order valence-electron chi connectivity index (χ1n) is 9.50. The van der Waals surface area contributed by atoms with Crippen LogP contribution in [0.2, 0.25) is 0 Å². The van der Waals surface area contributed by atoms with Crippen molar-refractivity contribution in [1.29, 1.82) is 0 Å². The highest BCUT2D eigenvalue weighted by molar-refractivity contribution is 6.21. The second-order valence-electron chi connectivity index (χ2n) is 7.23. The number of aliphatic carboxylic acids is 1. The maximum absolute atomic E-state index is 12.8. The number of carboxylic acids is 1. The molecule has 2 aromatic carbocycles. The molecule has 1 aliphatic heterocycles. The maximum Gasteiger partial charge on any atom is 0.305 e. The minimum Gasteiger partial charge on any atom is -0.490 e. The van der Waals surface area contributed by atoms with Crippen molar-refractivity contribution >= 4 is 17.8 Å². The Bertz CT molecular complexity index is 880. The molecule has 1 aliphatic carbocycles. The van der Waals surface area contributed by atoms with Crippen molar-refractivity contribution in [3.63, 3.8) is 0 Å². The molecule has 0 radical (unpaired) electrons. The Morgan fingerprint density at radius 1 is 1.00 bits per heavy atom. The number of carboxylic acid groups (broad SMARTS) is 1. The number of nitrogens with zero attached hydrogens (tertiary/aromatic N) is 1. The fourth-order valence-corrected chi connectivity index (χ4v) is 3.98. The molecule has 6 heteroatoms. The zero-order valence-electron chi connectivity index (χ0n) is 15.3. The van der Waals surface area contributed by atoms with E-state index in [2.05, 4.69) is 0 Å². The largest absolute Gasteiger partial charge is 0.490 e. The van der Waals surface area contributed by atoms with Gasteiger partial charge >= 0.3 is 5.97 Å². The van der Waals surface area contributed by atoms with Crippen LogP contribution in [0.5, 0.6) is 5.75 Å². The van der Waals surface area contributed by atoms with E-state index in [0.29, 0.717) is 22.4 Å². The van der Waals surface area contributed by atoms with E-state index in [1.54, 1.807) is 48.5 Å². The summed E-state index contributed by atoms with van der Waals surface area (Å²) in [6.45, 7) is 0. The van der Waals surface area contributed by atoms with Gasteiger partial charge in [-0.3, -0.25) is 19.3 Å². The highest BCUT2D eigenvalue weighted by Crippen LogP contribution is 2.34. The lowest BCUT2D eigenvalue weighted by atomic mass is 10.0. The third-order valence-electron chi connectivity index (χ3n) is 5.37. The number of benzene rings is 2. The number of carbonyl (C=O) groups excluding carboxylic acids is 2. The SMILES string of the molecule is O=C(O)C[C@@H](c1ccc(OC2CCCC2)cc1)N1C(=O)c2ccccc2C1=O. The van der Waals surface area contributed by atoms with Gasteiger partial charge < -0.3 is 9.84 Å². The minimum atomic E-state index is -1.08. The predicted molar refractivity (Wildman–Crippen MR) is 101 cm³/mol. The fourth-order valence-electron chi connectivity index (χ4n) is 3.98. The third kappa shape index (κ3) is 3.38. The number of rotatable bonds is 6. The Balaban J connectivity index is 1.61. The average Bonchev–Trinajstić information content (AvgIpc) is 3.28. The Labute approximate surface area is 162 Å². The summed E-state index contributed by atoms with van der Waals surface area (Å²) in [6, 6.07) is 12.7. The molecule has 0 unspecified atom stereocenters. The summed E-state index contributed by atoms with van der Waals surface area (Å²) in [5, 5.41) is 9.37. The molecule has 2 aliphatic rings. The second-order valence-corrected chi connectivity index (χ2v) is 7.23. The van der Waals surface area contributed by atoms with E-state index in [1.165, 1.54) is 12.8 Å². The number of amides is 2. The van der Waals surface area contributed by atoms with Crippen molar-refractivity contribution in [2.75, 3.05) is 0 Å². The molecule has 1 N–H and O–H groups in total. The highest BCUT2D eigenvalue weighted by Gasteiger charge is 2.41. The van der Waals surface area contributed by atoms with Gasteiger partial charge in [-0.25, -0.2) is 0 Å². The topological polar surface area (TPSA) is 83.9 Å². The number of hydrogen-bond donors (Lipinski definition) is 1. The molecule has 0 aromatic heterocycles. The summed E-state index contributed by atoms with van der Waals surface area (Å²) in [4.78, 5) is 38.1. The maximum atomic E-state index is 12.8. The van der Waals surface area contributed by atoms with Crippen LogP contribution in [0, 0.1) is 0 Å². The van der Waals surface area contributed by atoms with Gasteiger partial charge in [-0.2, -0.15) is 0 Å². The smallest absolute Gasteiger partial charge is 0.305 e. The third-order valence-corrected chi connectivity index (χ3v) is 5.37. The summed E-state index contributed by atoms with van der Waals surface area (Å²) >= 11 is 0. The Morgan fingerprint density at radius 2 is 1.57 bits per heavy atom. The van der Waals surface area contributed by atoms with E-state index in [4.69, 9.17) is 4.74 Å². The highest BCUT2D eigenvalue weighted by atomic mass is 16.5. The van der Waals surface area contributed by atoms with E-state index in [0.717, 1.165) is 17.7 Å². The van der Waals surface area contributed by atoms with E-state index in [1.807, 2.05) is 0 Å². The first-order valence-corrected chi connectivity index (χ1v) is 9.50. The van der Waals surface area contributed by atoms with Crippen LogP contribution in [-0.2, 0) is 4.79 Å². The van der Waals surface area contributed by atoms with Gasteiger partial charge in [-0.1, -0.05) is 24.3 Å². The predicted octanol–water partition coefficient (Wildman–Crippen LogP) is 3.82. The lowest BCUT2D eigenvalue weighted by Crippen LogP contribution is -2.35. The first kappa shape index (κ1) is 18.2. The molecule has 0 bridgehead atoms. The van der Waals surface area contributed by atoms with Crippen LogP contribution in [0.3, 0.4) is 0 Å². The molecule has 1 atom stereocenters. The van der Waals surface area contributed by atoms with Crippen LogP contribution in [-0.4, -0.2) is 33.9 Å². The van der Waals surface area contributed by atoms with Crippen molar-refractivity contribution in [2.45, 2.75) is 44.2 Å². The molecule has 2 aromatic rings. The molecule has 4 rings (SSSR count).